The maximum absolute atomic E-state index is 16.2. The summed E-state index contributed by atoms with van der Waals surface area (Å²) in [6, 6.07) is 21.5. The van der Waals surface area contributed by atoms with Gasteiger partial charge in [-0.05, 0) is 102 Å². The van der Waals surface area contributed by atoms with Crippen molar-refractivity contribution in [3.63, 3.8) is 0 Å². The number of ketones is 2. The van der Waals surface area contributed by atoms with Gasteiger partial charge in [0.1, 0.15) is 11.3 Å². The summed E-state index contributed by atoms with van der Waals surface area (Å²) < 4.78 is 1.03. The fourth-order valence-corrected chi connectivity index (χ4v) is 14.7. The first-order chi connectivity index (χ1) is 22.7. The maximum atomic E-state index is 16.2. The van der Waals surface area contributed by atoms with E-state index in [4.69, 9.17) is 0 Å². The van der Waals surface area contributed by atoms with Crippen molar-refractivity contribution >= 4 is 50.0 Å². The van der Waals surface area contributed by atoms with Crippen LogP contribution in [0.2, 0.25) is 0 Å². The van der Waals surface area contributed by atoms with Crippen molar-refractivity contribution in [2.75, 3.05) is 11.6 Å². The molecule has 10 rings (SSSR count). The molecule has 3 saturated carbocycles. The number of allylic oxidation sites excluding steroid dienone is 1. The number of aliphatic hydroxyl groups is 1. The van der Waals surface area contributed by atoms with E-state index in [0.29, 0.717) is 17.6 Å². The normalized spacial score (nSPS) is 43.4. The van der Waals surface area contributed by atoms with E-state index in [1.165, 1.54) is 11.1 Å². The number of halogens is 1. The van der Waals surface area contributed by atoms with Crippen LogP contribution in [0.25, 0.3) is 10.8 Å². The van der Waals surface area contributed by atoms with Crippen LogP contribution in [0.1, 0.15) is 86.2 Å². The van der Waals surface area contributed by atoms with Crippen LogP contribution in [-0.4, -0.2) is 45.3 Å². The van der Waals surface area contributed by atoms with Crippen LogP contribution in [0.5, 0.6) is 0 Å². The third-order valence-electron chi connectivity index (χ3n) is 14.9. The largest absolute Gasteiger partial charge is 0.393 e. The molecular formula is C41H42BrNO3S. The van der Waals surface area contributed by atoms with Crippen molar-refractivity contribution < 1.29 is 14.7 Å². The summed E-state index contributed by atoms with van der Waals surface area (Å²) in [5, 5.41) is 12.8. The molecule has 5 aliphatic carbocycles. The molecule has 2 spiro atoms. The molecular weight excluding hydrogens is 666 g/mol. The fraction of sp³-hybridized carbons (Fsp3) is 0.512. The summed E-state index contributed by atoms with van der Waals surface area (Å²) >= 11 is 5.60. The number of hydrogen-bond acceptors (Lipinski definition) is 5. The fourth-order valence-electron chi connectivity index (χ4n) is 13.1. The molecule has 0 radical (unpaired) electrons. The minimum absolute atomic E-state index is 0.0670. The van der Waals surface area contributed by atoms with Gasteiger partial charge in [-0.15, -0.1) is 11.8 Å². The Morgan fingerprint density at radius 2 is 1.70 bits per heavy atom. The number of rotatable bonds is 1. The van der Waals surface area contributed by atoms with Crippen LogP contribution in [0.15, 0.2) is 76.8 Å². The first kappa shape index (κ1) is 29.6. The van der Waals surface area contributed by atoms with Gasteiger partial charge in [-0.1, -0.05) is 90.0 Å². The molecule has 47 heavy (non-hydrogen) atoms. The van der Waals surface area contributed by atoms with E-state index in [1.807, 2.05) is 23.9 Å². The SMILES string of the molecule is C[C@]12CC[C@H](O)CC1=CC[C@@H]1[C@@H]2CC[C@]2(C)C(=O)[C@]3(C[C@@H]12)[C@@H](c1ccc(Br)cc1)[C@@H]1CSCN1[C@@]31C(=O)c2cccc3cccc1c23. The Morgan fingerprint density at radius 3 is 2.51 bits per heavy atom. The van der Waals surface area contributed by atoms with Crippen LogP contribution >= 0.6 is 27.7 Å². The van der Waals surface area contributed by atoms with Crippen LogP contribution < -0.4 is 0 Å². The molecule has 4 nitrogen and oxygen atoms in total. The molecule has 2 aliphatic heterocycles. The van der Waals surface area contributed by atoms with E-state index in [-0.39, 0.29) is 35.2 Å². The number of hydrogen-bond donors (Lipinski definition) is 1. The van der Waals surface area contributed by atoms with Crippen LogP contribution in [-0.2, 0) is 10.3 Å². The molecule has 7 aliphatic rings. The van der Waals surface area contributed by atoms with Gasteiger partial charge in [0.05, 0.1) is 11.5 Å². The molecule has 0 amide bonds. The van der Waals surface area contributed by atoms with Gasteiger partial charge in [-0.3, -0.25) is 14.5 Å². The van der Waals surface area contributed by atoms with Gasteiger partial charge in [0.2, 0.25) is 0 Å². The molecule has 0 aromatic heterocycles. The number of nitrogens with zero attached hydrogens (tertiary/aromatic N) is 1. The monoisotopic (exact) mass is 707 g/mol. The molecule has 6 heteroatoms. The number of Topliss-reactive ketones (excluding diaryl/α,β-unsaturated/α-hetero) is 2. The summed E-state index contributed by atoms with van der Waals surface area (Å²) in [6.07, 6.45) is 8.60. The Labute approximate surface area is 289 Å². The summed E-state index contributed by atoms with van der Waals surface area (Å²) in [6.45, 7) is 4.76. The van der Waals surface area contributed by atoms with Gasteiger partial charge in [-0.25, -0.2) is 0 Å². The van der Waals surface area contributed by atoms with Crippen molar-refractivity contribution in [3.05, 3.63) is 93.5 Å². The Bertz CT molecular complexity index is 1920. The zero-order valence-corrected chi connectivity index (χ0v) is 29.6. The highest BCUT2D eigenvalue weighted by atomic mass is 79.9. The highest BCUT2D eigenvalue weighted by Gasteiger charge is 2.82. The molecule has 0 unspecified atom stereocenters. The molecule has 0 bridgehead atoms. The zero-order chi connectivity index (χ0) is 32.1. The van der Waals surface area contributed by atoms with E-state index < -0.39 is 16.4 Å². The number of fused-ring (bicyclic) bond motifs is 9. The third-order valence-corrected chi connectivity index (χ3v) is 16.5. The predicted molar refractivity (Wildman–Crippen MR) is 190 cm³/mol. The lowest BCUT2D eigenvalue weighted by Crippen LogP contribution is -2.58. The third kappa shape index (κ3) is 3.36. The Hall–Kier alpha value is -2.25. The smallest absolute Gasteiger partial charge is 0.189 e. The van der Waals surface area contributed by atoms with E-state index in [2.05, 4.69) is 89.3 Å². The molecule has 5 fully saturated rings. The minimum atomic E-state index is -1.01. The lowest BCUT2D eigenvalue weighted by atomic mass is 9.48. The number of carbonyl (C=O) groups excluding carboxylic acids is 2. The molecule has 3 aromatic carbocycles. The summed E-state index contributed by atoms with van der Waals surface area (Å²) in [4.78, 5) is 34.3. The highest BCUT2D eigenvalue weighted by Crippen LogP contribution is 2.77. The number of carbonyl (C=O) groups is 2. The average Bonchev–Trinajstić information content (AvgIpc) is 3.77. The van der Waals surface area contributed by atoms with E-state index >= 15 is 9.59 Å². The Balaban J connectivity index is 1.23. The van der Waals surface area contributed by atoms with Crippen molar-refractivity contribution in [1.29, 1.82) is 0 Å². The van der Waals surface area contributed by atoms with Gasteiger partial charge < -0.3 is 5.11 Å². The van der Waals surface area contributed by atoms with Gasteiger partial charge in [0, 0.05) is 39.0 Å². The van der Waals surface area contributed by atoms with E-state index in [0.717, 1.165) is 82.9 Å². The van der Waals surface area contributed by atoms with Gasteiger partial charge in [0.25, 0.3) is 0 Å². The standard InChI is InChI=1S/C41H42BrNO3S/c1-38-17-15-27(44)19-25(38)11-14-28-30(38)16-18-39(2)32(28)20-40(37(39)46)35(24-9-12-26(42)13-10-24)33-21-47-22-43(33)41(40)31-8-4-6-23-5-3-7-29(34(23)31)36(41)45/h3-13,27-28,30,32-33,35,44H,14-22H2,1-2H3/t27-,28+,30-,32-,33-,35-,38-,39-,40-,41-/m0/s1. The van der Waals surface area contributed by atoms with Gasteiger partial charge >= 0.3 is 0 Å². The summed E-state index contributed by atoms with van der Waals surface area (Å²) in [5.74, 6) is 3.27. The molecule has 2 heterocycles. The Morgan fingerprint density at radius 1 is 0.936 bits per heavy atom. The highest BCUT2D eigenvalue weighted by molar-refractivity contribution is 9.10. The summed E-state index contributed by atoms with van der Waals surface area (Å²) in [7, 11) is 0. The topological polar surface area (TPSA) is 57.6 Å². The first-order valence-corrected chi connectivity index (χ1v) is 19.7. The van der Waals surface area contributed by atoms with Gasteiger partial charge in [0.15, 0.2) is 5.78 Å². The average molecular weight is 709 g/mol. The number of aliphatic hydroxyl groups excluding tert-OH is 1. The maximum Gasteiger partial charge on any atom is 0.189 e. The summed E-state index contributed by atoms with van der Waals surface area (Å²) in [5.41, 5.74) is 2.27. The van der Waals surface area contributed by atoms with Gasteiger partial charge in [-0.2, -0.15) is 0 Å². The van der Waals surface area contributed by atoms with E-state index in [1.54, 1.807) is 0 Å². The molecule has 3 aromatic rings. The second-order valence-electron chi connectivity index (χ2n) is 16.4. The second-order valence-corrected chi connectivity index (χ2v) is 18.3. The Kier molecular flexibility index (Phi) is 6.12. The zero-order valence-electron chi connectivity index (χ0n) is 27.2. The number of thioether (sulfide) groups is 1. The molecule has 242 valence electrons. The molecule has 1 N–H and O–H groups in total. The minimum Gasteiger partial charge on any atom is -0.393 e. The quantitative estimate of drug-likeness (QED) is 0.257. The van der Waals surface area contributed by atoms with E-state index in [9.17, 15) is 5.11 Å². The van der Waals surface area contributed by atoms with Crippen molar-refractivity contribution in [2.45, 2.75) is 82.4 Å². The van der Waals surface area contributed by atoms with Crippen molar-refractivity contribution in [2.24, 2.45) is 34.0 Å². The number of benzene rings is 3. The lowest BCUT2D eigenvalue weighted by molar-refractivity contribution is -0.141. The molecule has 10 atom stereocenters. The predicted octanol–water partition coefficient (Wildman–Crippen LogP) is 8.66. The lowest BCUT2D eigenvalue weighted by Gasteiger charge is -2.56. The van der Waals surface area contributed by atoms with Crippen LogP contribution in [0.4, 0.5) is 0 Å². The molecule has 2 saturated heterocycles. The van der Waals surface area contributed by atoms with Crippen LogP contribution in [0, 0.1) is 34.0 Å². The second kappa shape index (κ2) is 9.71. The first-order valence-electron chi connectivity index (χ1n) is 17.8. The van der Waals surface area contributed by atoms with Crippen LogP contribution in [0.3, 0.4) is 0 Å². The van der Waals surface area contributed by atoms with Crippen molar-refractivity contribution in [1.82, 2.24) is 4.90 Å². The van der Waals surface area contributed by atoms with Crippen molar-refractivity contribution in [3.8, 4) is 0 Å².